The van der Waals surface area contributed by atoms with Gasteiger partial charge in [-0.25, -0.2) is 8.42 Å². The maximum atomic E-state index is 13.2. The van der Waals surface area contributed by atoms with Gasteiger partial charge in [-0.05, 0) is 30.5 Å². The van der Waals surface area contributed by atoms with E-state index in [1.807, 2.05) is 30.3 Å². The predicted octanol–water partition coefficient (Wildman–Crippen LogP) is 3.18. The average Bonchev–Trinajstić information content (AvgIpc) is 2.62. The van der Waals surface area contributed by atoms with Crippen LogP contribution in [0.3, 0.4) is 0 Å². The van der Waals surface area contributed by atoms with Crippen molar-refractivity contribution in [2.75, 3.05) is 0 Å². The van der Waals surface area contributed by atoms with Crippen LogP contribution in [0.15, 0.2) is 65.6 Å². The molecule has 0 spiro atoms. The minimum Gasteiger partial charge on any atom is -0.391 e. The summed E-state index contributed by atoms with van der Waals surface area (Å²) in [6.07, 6.45) is 2.63. The molecule has 1 fully saturated rings. The molecule has 0 bridgehead atoms. The van der Waals surface area contributed by atoms with Gasteiger partial charge in [0.05, 0.1) is 17.0 Å². The third kappa shape index (κ3) is 3.69. The standard InChI is InChI=1S/C19H23NO3S/c21-19-14-8-7-13-18(19)20(15-16-9-3-1-4-10-16)24(22,23)17-11-5-2-6-12-17/h1-6,9-12,18-19,21H,7-8,13-15H2/t18-,19-/m0/s1. The highest BCUT2D eigenvalue weighted by Gasteiger charge is 2.36. The first-order valence-corrected chi connectivity index (χ1v) is 9.82. The maximum Gasteiger partial charge on any atom is 0.243 e. The minimum atomic E-state index is -3.66. The van der Waals surface area contributed by atoms with E-state index in [0.717, 1.165) is 18.4 Å². The summed E-state index contributed by atoms with van der Waals surface area (Å²) < 4.78 is 27.9. The molecule has 0 radical (unpaired) electrons. The lowest BCUT2D eigenvalue weighted by molar-refractivity contribution is 0.0533. The van der Waals surface area contributed by atoms with Crippen LogP contribution >= 0.6 is 0 Å². The van der Waals surface area contributed by atoms with Gasteiger partial charge in [0.15, 0.2) is 0 Å². The summed E-state index contributed by atoms with van der Waals surface area (Å²) in [7, 11) is -3.66. The SMILES string of the molecule is O=S(=O)(c1ccccc1)N(Cc1ccccc1)[C@H]1CCCC[C@@H]1O. The normalized spacial score (nSPS) is 21.8. The van der Waals surface area contributed by atoms with E-state index in [-0.39, 0.29) is 17.5 Å². The van der Waals surface area contributed by atoms with Gasteiger partial charge in [0.2, 0.25) is 10.0 Å². The van der Waals surface area contributed by atoms with E-state index in [9.17, 15) is 13.5 Å². The van der Waals surface area contributed by atoms with Gasteiger partial charge >= 0.3 is 0 Å². The molecule has 2 aromatic carbocycles. The number of hydrogen-bond acceptors (Lipinski definition) is 3. The Morgan fingerprint density at radius 3 is 2.12 bits per heavy atom. The van der Waals surface area contributed by atoms with Gasteiger partial charge in [-0.1, -0.05) is 61.4 Å². The number of aliphatic hydroxyl groups is 1. The molecule has 1 saturated carbocycles. The number of benzene rings is 2. The van der Waals surface area contributed by atoms with Crippen molar-refractivity contribution in [1.29, 1.82) is 0 Å². The van der Waals surface area contributed by atoms with Crippen LogP contribution in [0, 0.1) is 0 Å². The van der Waals surface area contributed by atoms with Crippen LogP contribution < -0.4 is 0 Å². The second-order valence-electron chi connectivity index (χ2n) is 6.27. The highest BCUT2D eigenvalue weighted by molar-refractivity contribution is 7.89. The lowest BCUT2D eigenvalue weighted by Gasteiger charge is -2.36. The Hall–Kier alpha value is -1.69. The van der Waals surface area contributed by atoms with Crippen molar-refractivity contribution >= 4 is 10.0 Å². The summed E-state index contributed by atoms with van der Waals surface area (Å²) in [5, 5.41) is 10.4. The Morgan fingerprint density at radius 2 is 1.50 bits per heavy atom. The van der Waals surface area contributed by atoms with Gasteiger partial charge < -0.3 is 5.11 Å². The van der Waals surface area contributed by atoms with Gasteiger partial charge in [-0.15, -0.1) is 0 Å². The summed E-state index contributed by atoms with van der Waals surface area (Å²) in [5.74, 6) is 0. The smallest absolute Gasteiger partial charge is 0.243 e. The second kappa shape index (κ2) is 7.47. The van der Waals surface area contributed by atoms with Crippen molar-refractivity contribution in [3.8, 4) is 0 Å². The molecule has 5 heteroatoms. The first kappa shape index (κ1) is 17.1. The highest BCUT2D eigenvalue weighted by Crippen LogP contribution is 2.29. The van der Waals surface area contributed by atoms with Crippen molar-refractivity contribution in [2.45, 2.75) is 49.3 Å². The molecular formula is C19H23NO3S. The van der Waals surface area contributed by atoms with Crippen LogP contribution in [0.4, 0.5) is 0 Å². The molecule has 24 heavy (non-hydrogen) atoms. The Morgan fingerprint density at radius 1 is 0.917 bits per heavy atom. The number of nitrogens with zero attached hydrogens (tertiary/aromatic N) is 1. The first-order valence-electron chi connectivity index (χ1n) is 8.38. The Bertz CT molecular complexity index is 747. The molecule has 0 aliphatic heterocycles. The summed E-state index contributed by atoms with van der Waals surface area (Å²) in [6, 6.07) is 17.7. The molecule has 4 nitrogen and oxygen atoms in total. The van der Waals surface area contributed by atoms with E-state index in [2.05, 4.69) is 0 Å². The fraction of sp³-hybridized carbons (Fsp3) is 0.368. The van der Waals surface area contributed by atoms with E-state index < -0.39 is 16.1 Å². The molecule has 2 atom stereocenters. The van der Waals surface area contributed by atoms with Gasteiger partial charge in [-0.2, -0.15) is 4.31 Å². The van der Waals surface area contributed by atoms with Crippen LogP contribution in [0.2, 0.25) is 0 Å². The van der Waals surface area contributed by atoms with Crippen LogP contribution in [0.25, 0.3) is 0 Å². The molecule has 128 valence electrons. The van der Waals surface area contributed by atoms with Gasteiger partial charge in [-0.3, -0.25) is 0 Å². The van der Waals surface area contributed by atoms with Crippen LogP contribution in [-0.4, -0.2) is 30.0 Å². The zero-order valence-electron chi connectivity index (χ0n) is 13.6. The van der Waals surface area contributed by atoms with E-state index >= 15 is 0 Å². The molecule has 1 aliphatic carbocycles. The van der Waals surface area contributed by atoms with Crippen LogP contribution in [0.5, 0.6) is 0 Å². The van der Waals surface area contributed by atoms with Gasteiger partial charge in [0, 0.05) is 6.54 Å². The van der Waals surface area contributed by atoms with E-state index in [1.165, 1.54) is 4.31 Å². The quantitative estimate of drug-likeness (QED) is 0.905. The molecule has 0 amide bonds. The zero-order chi connectivity index (χ0) is 17.0. The minimum absolute atomic E-state index is 0.277. The summed E-state index contributed by atoms with van der Waals surface area (Å²) in [4.78, 5) is 0.277. The number of hydrogen-bond donors (Lipinski definition) is 1. The predicted molar refractivity (Wildman–Crippen MR) is 93.9 cm³/mol. The molecule has 2 aromatic rings. The van der Waals surface area contributed by atoms with Crippen molar-refractivity contribution in [2.24, 2.45) is 0 Å². The Balaban J connectivity index is 1.98. The van der Waals surface area contributed by atoms with Gasteiger partial charge in [0.1, 0.15) is 0 Å². The maximum absolute atomic E-state index is 13.2. The van der Waals surface area contributed by atoms with Crippen molar-refractivity contribution in [3.05, 3.63) is 66.2 Å². The third-order valence-corrected chi connectivity index (χ3v) is 6.48. The van der Waals surface area contributed by atoms with E-state index in [4.69, 9.17) is 0 Å². The molecular weight excluding hydrogens is 322 g/mol. The number of sulfonamides is 1. The summed E-state index contributed by atoms with van der Waals surface area (Å²) >= 11 is 0. The topological polar surface area (TPSA) is 57.6 Å². The molecule has 1 N–H and O–H groups in total. The first-order chi connectivity index (χ1) is 11.6. The lowest BCUT2D eigenvalue weighted by atomic mass is 9.92. The number of rotatable bonds is 5. The second-order valence-corrected chi connectivity index (χ2v) is 8.16. The summed E-state index contributed by atoms with van der Waals surface area (Å²) in [6.45, 7) is 0.278. The monoisotopic (exact) mass is 345 g/mol. The van der Waals surface area contributed by atoms with Crippen LogP contribution in [-0.2, 0) is 16.6 Å². The summed E-state index contributed by atoms with van der Waals surface area (Å²) in [5.41, 5.74) is 0.926. The van der Waals surface area contributed by atoms with Crippen molar-refractivity contribution in [1.82, 2.24) is 4.31 Å². The highest BCUT2D eigenvalue weighted by atomic mass is 32.2. The molecule has 1 aliphatic rings. The van der Waals surface area contributed by atoms with Crippen molar-refractivity contribution in [3.63, 3.8) is 0 Å². The van der Waals surface area contributed by atoms with Crippen LogP contribution in [0.1, 0.15) is 31.2 Å². The molecule has 0 saturated heterocycles. The lowest BCUT2D eigenvalue weighted by Crippen LogP contribution is -2.47. The van der Waals surface area contributed by atoms with Crippen molar-refractivity contribution < 1.29 is 13.5 Å². The zero-order valence-corrected chi connectivity index (χ0v) is 14.4. The fourth-order valence-electron chi connectivity index (χ4n) is 3.30. The molecule has 3 rings (SSSR count). The fourth-order valence-corrected chi connectivity index (χ4v) is 4.99. The Labute approximate surface area is 143 Å². The number of aliphatic hydroxyl groups excluding tert-OH is 1. The Kier molecular flexibility index (Phi) is 5.33. The largest absolute Gasteiger partial charge is 0.391 e. The third-order valence-electron chi connectivity index (χ3n) is 4.59. The molecule has 0 unspecified atom stereocenters. The molecule has 0 heterocycles. The molecule has 0 aromatic heterocycles. The van der Waals surface area contributed by atoms with E-state index in [0.29, 0.717) is 12.8 Å². The van der Waals surface area contributed by atoms with Gasteiger partial charge in [0.25, 0.3) is 0 Å². The average molecular weight is 345 g/mol. The van der Waals surface area contributed by atoms with E-state index in [1.54, 1.807) is 30.3 Å².